The number of rotatable bonds is 4. The molecule has 0 aliphatic heterocycles. The summed E-state index contributed by atoms with van der Waals surface area (Å²) in [6.07, 6.45) is 3.02. The number of carbonyl (C=O) groups is 1. The van der Waals surface area contributed by atoms with Crippen molar-refractivity contribution in [1.82, 2.24) is 10.3 Å². The zero-order valence-electron chi connectivity index (χ0n) is 17.8. The highest BCUT2D eigenvalue weighted by atomic mass is 35.5. The quantitative estimate of drug-likeness (QED) is 0.247. The summed E-state index contributed by atoms with van der Waals surface area (Å²) in [4.78, 5) is 16.6. The molecule has 0 saturated heterocycles. The van der Waals surface area contributed by atoms with Crippen LogP contribution in [0.15, 0.2) is 65.1 Å². The first kappa shape index (κ1) is 22.5. The van der Waals surface area contributed by atoms with Crippen molar-refractivity contribution in [2.45, 2.75) is 13.8 Å². The first-order valence-corrected chi connectivity index (χ1v) is 10.8. The molecule has 3 N–H and O–H groups in total. The number of hydrogen-bond acceptors (Lipinski definition) is 5. The fourth-order valence-electron chi connectivity index (χ4n) is 3.34. The molecule has 33 heavy (non-hydrogen) atoms. The molecule has 4 rings (SSSR count). The Hall–Kier alpha value is -3.68. The van der Waals surface area contributed by atoms with E-state index in [1.54, 1.807) is 42.5 Å². The van der Waals surface area contributed by atoms with Crippen molar-refractivity contribution in [3.63, 3.8) is 0 Å². The summed E-state index contributed by atoms with van der Waals surface area (Å²) in [5.41, 5.74) is 5.28. The van der Waals surface area contributed by atoms with Crippen molar-refractivity contribution in [1.29, 1.82) is 0 Å². The number of amides is 1. The minimum Gasteiger partial charge on any atom is -0.507 e. The minimum absolute atomic E-state index is 0.0299. The first-order valence-electron chi connectivity index (χ1n) is 10.1. The maximum atomic E-state index is 12.1. The number of halogens is 1. The van der Waals surface area contributed by atoms with E-state index in [4.69, 9.17) is 28.2 Å². The molecule has 0 aliphatic carbocycles. The van der Waals surface area contributed by atoms with E-state index < -0.39 is 0 Å². The van der Waals surface area contributed by atoms with Crippen LogP contribution in [0.4, 0.5) is 5.69 Å². The molecule has 6 nitrogen and oxygen atoms in total. The van der Waals surface area contributed by atoms with Crippen LogP contribution in [0.25, 0.3) is 28.6 Å². The van der Waals surface area contributed by atoms with Gasteiger partial charge in [0.15, 0.2) is 10.7 Å². The maximum absolute atomic E-state index is 12.1. The Kier molecular flexibility index (Phi) is 6.44. The lowest BCUT2D eigenvalue weighted by Gasteiger charge is -2.09. The highest BCUT2D eigenvalue weighted by Gasteiger charge is 2.15. The van der Waals surface area contributed by atoms with Gasteiger partial charge in [-0.25, -0.2) is 4.98 Å². The molecule has 1 aromatic heterocycles. The van der Waals surface area contributed by atoms with E-state index >= 15 is 0 Å². The lowest BCUT2D eigenvalue weighted by atomic mass is 10.1. The lowest BCUT2D eigenvalue weighted by molar-refractivity contribution is -0.115. The summed E-state index contributed by atoms with van der Waals surface area (Å²) in [6, 6.07) is 15.9. The number of aromatic nitrogens is 1. The van der Waals surface area contributed by atoms with Crippen molar-refractivity contribution >= 4 is 57.7 Å². The van der Waals surface area contributed by atoms with Crippen molar-refractivity contribution in [3.8, 4) is 17.2 Å². The Morgan fingerprint density at radius 2 is 1.88 bits per heavy atom. The summed E-state index contributed by atoms with van der Waals surface area (Å²) < 4.78 is 5.87. The molecule has 0 bridgehead atoms. The Balaban J connectivity index is 1.42. The number of aromatic hydroxyl groups is 1. The average Bonchev–Trinajstić information content (AvgIpc) is 3.17. The molecule has 3 aromatic carbocycles. The van der Waals surface area contributed by atoms with Crippen LogP contribution in [-0.4, -0.2) is 21.1 Å². The van der Waals surface area contributed by atoms with Gasteiger partial charge in [-0.05, 0) is 79.2 Å². The summed E-state index contributed by atoms with van der Waals surface area (Å²) >= 11 is 11.0. The third kappa shape index (κ3) is 5.39. The van der Waals surface area contributed by atoms with Gasteiger partial charge >= 0.3 is 0 Å². The van der Waals surface area contributed by atoms with E-state index in [-0.39, 0.29) is 16.8 Å². The predicted octanol–water partition coefficient (Wildman–Crippen LogP) is 6.00. The number of nitrogens with zero attached hydrogens (tertiary/aromatic N) is 1. The molecule has 166 valence electrons. The van der Waals surface area contributed by atoms with Crippen LogP contribution in [-0.2, 0) is 4.79 Å². The zero-order chi connectivity index (χ0) is 23.5. The number of aryl methyl sites for hydroxylation is 2. The number of carbonyl (C=O) groups excluding carboxylic acids is 1. The molecule has 0 unspecified atom stereocenters. The molecule has 0 aliphatic rings. The van der Waals surface area contributed by atoms with Crippen molar-refractivity contribution in [2.75, 3.05) is 5.32 Å². The molecule has 0 radical (unpaired) electrons. The van der Waals surface area contributed by atoms with E-state index in [2.05, 4.69) is 15.6 Å². The van der Waals surface area contributed by atoms with Gasteiger partial charge in [0.2, 0.25) is 11.8 Å². The summed E-state index contributed by atoms with van der Waals surface area (Å²) in [7, 11) is 0. The van der Waals surface area contributed by atoms with Crippen LogP contribution in [0.5, 0.6) is 5.75 Å². The van der Waals surface area contributed by atoms with Crippen molar-refractivity contribution < 1.29 is 14.3 Å². The van der Waals surface area contributed by atoms with Gasteiger partial charge in [0.25, 0.3) is 0 Å². The van der Waals surface area contributed by atoms with Crippen molar-refractivity contribution in [2.24, 2.45) is 0 Å². The van der Waals surface area contributed by atoms with E-state index in [1.807, 2.05) is 26.0 Å². The average molecular weight is 478 g/mol. The number of benzene rings is 3. The Bertz CT molecular complexity index is 1390. The van der Waals surface area contributed by atoms with Crippen LogP contribution in [0.2, 0.25) is 5.02 Å². The Morgan fingerprint density at radius 1 is 1.12 bits per heavy atom. The van der Waals surface area contributed by atoms with Gasteiger partial charge in [0.1, 0.15) is 11.3 Å². The molecule has 1 amide bonds. The molecular weight excluding hydrogens is 458 g/mol. The van der Waals surface area contributed by atoms with Crippen LogP contribution in [0, 0.1) is 13.8 Å². The maximum Gasteiger partial charge on any atom is 0.250 e. The molecule has 0 spiro atoms. The van der Waals surface area contributed by atoms with Gasteiger partial charge < -0.3 is 14.8 Å². The second-order valence-electron chi connectivity index (χ2n) is 7.51. The fraction of sp³-hybridized carbons (Fsp3) is 0.0800. The second kappa shape index (κ2) is 9.44. The minimum atomic E-state index is -0.388. The van der Waals surface area contributed by atoms with E-state index in [1.165, 1.54) is 12.1 Å². The molecule has 0 fully saturated rings. The summed E-state index contributed by atoms with van der Waals surface area (Å²) in [5.74, 6) is -0.0934. The normalized spacial score (nSPS) is 11.1. The number of fused-ring (bicyclic) bond motifs is 1. The second-order valence-corrected chi connectivity index (χ2v) is 8.35. The highest BCUT2D eigenvalue weighted by molar-refractivity contribution is 7.80. The van der Waals surface area contributed by atoms with Crippen LogP contribution < -0.4 is 10.6 Å². The van der Waals surface area contributed by atoms with Gasteiger partial charge in [0.05, 0.1) is 5.56 Å². The molecule has 0 atom stereocenters. The number of anilines is 1. The first-order chi connectivity index (χ1) is 15.8. The van der Waals surface area contributed by atoms with Gasteiger partial charge in [0, 0.05) is 22.9 Å². The molecule has 0 saturated carbocycles. The highest BCUT2D eigenvalue weighted by Crippen LogP contribution is 2.34. The van der Waals surface area contributed by atoms with Crippen LogP contribution in [0.3, 0.4) is 0 Å². The smallest absolute Gasteiger partial charge is 0.250 e. The standard InChI is InChI=1S/C25H20ClN3O3S/c1-14-11-15(2)23-20(12-14)28-24(32-23)19-9-8-18(13-21(19)30)27-25(33)29-22(31)10-5-16-3-6-17(26)7-4-16/h3-13,30H,1-2H3,(H2,27,29,31,33)/b10-5+. The SMILES string of the molecule is Cc1cc(C)c2oc(-c3ccc(NC(=S)NC(=O)/C=C/c4ccc(Cl)cc4)cc3O)nc2c1. The number of hydrogen-bond donors (Lipinski definition) is 3. The fourth-order valence-corrected chi connectivity index (χ4v) is 3.69. The topological polar surface area (TPSA) is 87.4 Å². The largest absolute Gasteiger partial charge is 0.507 e. The van der Waals surface area contributed by atoms with E-state index in [0.29, 0.717) is 27.7 Å². The Morgan fingerprint density at radius 3 is 2.61 bits per heavy atom. The number of thiocarbonyl (C=S) groups is 1. The number of phenols is 1. The summed E-state index contributed by atoms with van der Waals surface area (Å²) in [6.45, 7) is 3.95. The molecule has 8 heteroatoms. The lowest BCUT2D eigenvalue weighted by Crippen LogP contribution is -2.32. The molecule has 4 aromatic rings. The van der Waals surface area contributed by atoms with Crippen LogP contribution >= 0.6 is 23.8 Å². The number of phenolic OH excluding ortho intramolecular Hbond substituents is 1. The van der Waals surface area contributed by atoms with Gasteiger partial charge in [-0.15, -0.1) is 0 Å². The summed E-state index contributed by atoms with van der Waals surface area (Å²) in [5, 5.41) is 16.7. The van der Waals surface area contributed by atoms with Gasteiger partial charge in [-0.3, -0.25) is 10.1 Å². The molecular formula is C25H20ClN3O3S. The van der Waals surface area contributed by atoms with Gasteiger partial charge in [-0.2, -0.15) is 0 Å². The van der Waals surface area contributed by atoms with E-state index in [0.717, 1.165) is 22.2 Å². The third-order valence-electron chi connectivity index (χ3n) is 4.84. The predicted molar refractivity (Wildman–Crippen MR) is 135 cm³/mol. The van der Waals surface area contributed by atoms with Crippen LogP contribution in [0.1, 0.15) is 16.7 Å². The van der Waals surface area contributed by atoms with Gasteiger partial charge in [-0.1, -0.05) is 29.8 Å². The number of oxazole rings is 1. The monoisotopic (exact) mass is 477 g/mol. The van der Waals surface area contributed by atoms with E-state index in [9.17, 15) is 9.90 Å². The van der Waals surface area contributed by atoms with Crippen molar-refractivity contribution in [3.05, 3.63) is 82.4 Å². The number of nitrogens with one attached hydrogen (secondary N) is 2. The zero-order valence-corrected chi connectivity index (χ0v) is 19.4. The molecule has 1 heterocycles. The third-order valence-corrected chi connectivity index (χ3v) is 5.30. The Labute approximate surface area is 200 Å².